The molecule has 150 valence electrons. The summed E-state index contributed by atoms with van der Waals surface area (Å²) in [6, 6.07) is 3.18. The zero-order chi connectivity index (χ0) is 20.6. The number of esters is 1. The first-order valence-corrected chi connectivity index (χ1v) is 9.63. The minimum absolute atomic E-state index is 0.00994. The van der Waals surface area contributed by atoms with E-state index in [0.717, 1.165) is 18.5 Å². The molecule has 0 fully saturated rings. The molecule has 0 amide bonds. The van der Waals surface area contributed by atoms with Gasteiger partial charge in [0.25, 0.3) is 0 Å². The van der Waals surface area contributed by atoms with Gasteiger partial charge in [0, 0.05) is 29.3 Å². The Bertz CT molecular complexity index is 900. The van der Waals surface area contributed by atoms with Crippen molar-refractivity contribution in [1.29, 1.82) is 0 Å². The van der Waals surface area contributed by atoms with Crippen molar-refractivity contribution in [2.75, 3.05) is 7.11 Å². The van der Waals surface area contributed by atoms with E-state index in [2.05, 4.69) is 5.32 Å². The average Bonchev–Trinajstić information content (AvgIpc) is 2.62. The van der Waals surface area contributed by atoms with Gasteiger partial charge in [-0.3, -0.25) is 4.79 Å². The second-order valence-electron chi connectivity index (χ2n) is 7.27. The lowest BCUT2D eigenvalue weighted by Crippen LogP contribution is -2.35. The topological polar surface area (TPSA) is 84.9 Å². The van der Waals surface area contributed by atoms with Crippen LogP contribution in [0.4, 0.5) is 0 Å². The number of dihydropyridines is 1. The van der Waals surface area contributed by atoms with Crippen molar-refractivity contribution >= 4 is 23.4 Å². The predicted octanol–water partition coefficient (Wildman–Crippen LogP) is 3.97. The number of hydrogen-bond acceptors (Lipinski definition) is 6. The molecule has 1 atom stereocenters. The minimum atomic E-state index is -0.637. The quantitative estimate of drug-likeness (QED) is 0.737. The van der Waals surface area contributed by atoms with Crippen LogP contribution in [0.2, 0.25) is 5.02 Å². The molecule has 28 heavy (non-hydrogen) atoms. The first-order chi connectivity index (χ1) is 13.2. The van der Waals surface area contributed by atoms with Crippen molar-refractivity contribution in [3.8, 4) is 11.5 Å². The molecule has 1 aliphatic heterocycles. The largest absolute Gasteiger partial charge is 0.503 e. The predicted molar refractivity (Wildman–Crippen MR) is 105 cm³/mol. The Morgan fingerprint density at radius 2 is 2.04 bits per heavy atom. The number of ether oxygens (including phenoxy) is 2. The van der Waals surface area contributed by atoms with Crippen LogP contribution in [0.1, 0.15) is 51.5 Å². The van der Waals surface area contributed by atoms with E-state index < -0.39 is 11.9 Å². The maximum absolute atomic E-state index is 12.9. The lowest BCUT2D eigenvalue weighted by atomic mass is 9.75. The molecule has 0 radical (unpaired) electrons. The molecule has 3 rings (SSSR count). The second-order valence-corrected chi connectivity index (χ2v) is 7.68. The SMILES string of the molecule is COc1cc([C@@H]2C(C(=O)OC(C)C)=C(C)NC3=C2C(=O)CCC3)cc(Cl)c1O. The van der Waals surface area contributed by atoms with Gasteiger partial charge in [0.2, 0.25) is 0 Å². The number of allylic oxidation sites excluding steroid dienone is 3. The standard InChI is InChI=1S/C21H24ClNO5/c1-10(2)28-21(26)17-11(3)23-14-6-5-7-15(24)19(14)18(17)12-8-13(22)20(25)16(9-12)27-4/h8-10,18,23,25H,5-7H2,1-4H3/t18-/m1/s1. The molecule has 1 aliphatic carbocycles. The summed E-state index contributed by atoms with van der Waals surface area (Å²) in [6.45, 7) is 5.35. The summed E-state index contributed by atoms with van der Waals surface area (Å²) in [6.07, 6.45) is 1.61. The van der Waals surface area contributed by atoms with E-state index in [1.165, 1.54) is 7.11 Å². The molecule has 7 heteroatoms. The van der Waals surface area contributed by atoms with Crippen LogP contribution in [0, 0.1) is 0 Å². The number of halogens is 1. The third-order valence-corrected chi connectivity index (χ3v) is 5.23. The van der Waals surface area contributed by atoms with Gasteiger partial charge < -0.3 is 19.9 Å². The van der Waals surface area contributed by atoms with Crippen LogP contribution in [0.3, 0.4) is 0 Å². The Balaban J connectivity index is 2.22. The van der Waals surface area contributed by atoms with Gasteiger partial charge in [-0.15, -0.1) is 0 Å². The molecular formula is C21H24ClNO5. The molecule has 0 bridgehead atoms. The van der Waals surface area contributed by atoms with Crippen LogP contribution < -0.4 is 10.1 Å². The molecule has 0 spiro atoms. The number of ketones is 1. The molecule has 0 saturated heterocycles. The Morgan fingerprint density at radius 1 is 1.32 bits per heavy atom. The molecule has 0 aromatic heterocycles. The number of carbonyl (C=O) groups excluding carboxylic acids is 2. The number of hydrogen-bond donors (Lipinski definition) is 2. The van der Waals surface area contributed by atoms with Gasteiger partial charge in [0.05, 0.1) is 23.8 Å². The number of nitrogens with one attached hydrogen (secondary N) is 1. The summed E-state index contributed by atoms with van der Waals surface area (Å²) in [5.74, 6) is -1.14. The third kappa shape index (κ3) is 3.61. The maximum Gasteiger partial charge on any atom is 0.337 e. The molecule has 1 aromatic carbocycles. The van der Waals surface area contributed by atoms with Crippen LogP contribution in [-0.2, 0) is 14.3 Å². The fourth-order valence-corrected chi connectivity index (χ4v) is 4.00. The smallest absolute Gasteiger partial charge is 0.337 e. The molecule has 1 aromatic rings. The Kier molecular flexibility index (Phi) is 5.70. The third-order valence-electron chi connectivity index (χ3n) is 4.94. The number of aromatic hydroxyl groups is 1. The first kappa shape index (κ1) is 20.3. The van der Waals surface area contributed by atoms with Gasteiger partial charge in [-0.05, 0) is 51.3 Å². The molecule has 2 N–H and O–H groups in total. The van der Waals surface area contributed by atoms with E-state index >= 15 is 0 Å². The average molecular weight is 406 g/mol. The number of methoxy groups -OCH3 is 1. The Morgan fingerprint density at radius 3 is 2.68 bits per heavy atom. The summed E-state index contributed by atoms with van der Waals surface area (Å²) in [5.41, 5.74) is 2.98. The summed E-state index contributed by atoms with van der Waals surface area (Å²) < 4.78 is 10.7. The summed E-state index contributed by atoms with van der Waals surface area (Å²) >= 11 is 6.20. The van der Waals surface area contributed by atoms with Crippen LogP contribution >= 0.6 is 11.6 Å². The lowest BCUT2D eigenvalue weighted by molar-refractivity contribution is -0.143. The molecule has 2 aliphatic rings. The normalized spacial score (nSPS) is 19.5. The van der Waals surface area contributed by atoms with Crippen molar-refractivity contribution in [3.05, 3.63) is 45.3 Å². The van der Waals surface area contributed by atoms with E-state index in [1.54, 1.807) is 32.9 Å². The Hall–Kier alpha value is -2.47. The fourth-order valence-electron chi connectivity index (χ4n) is 3.78. The van der Waals surface area contributed by atoms with Crippen molar-refractivity contribution < 1.29 is 24.2 Å². The second kappa shape index (κ2) is 7.87. The van der Waals surface area contributed by atoms with Crippen LogP contribution in [0.5, 0.6) is 11.5 Å². The Labute approximate surface area is 169 Å². The molecule has 1 heterocycles. The van der Waals surface area contributed by atoms with Gasteiger partial charge >= 0.3 is 5.97 Å². The summed E-state index contributed by atoms with van der Waals surface area (Å²) in [7, 11) is 1.42. The van der Waals surface area contributed by atoms with Crippen molar-refractivity contribution in [3.63, 3.8) is 0 Å². The van der Waals surface area contributed by atoms with Gasteiger partial charge in [-0.25, -0.2) is 4.79 Å². The monoisotopic (exact) mass is 405 g/mol. The highest BCUT2D eigenvalue weighted by atomic mass is 35.5. The highest BCUT2D eigenvalue weighted by Gasteiger charge is 2.39. The lowest BCUT2D eigenvalue weighted by Gasteiger charge is -2.34. The van der Waals surface area contributed by atoms with E-state index in [0.29, 0.717) is 28.8 Å². The van der Waals surface area contributed by atoms with E-state index in [4.69, 9.17) is 21.1 Å². The summed E-state index contributed by atoms with van der Waals surface area (Å²) in [4.78, 5) is 25.8. The number of phenolic OH excluding ortho intramolecular Hbond substituents is 1. The maximum atomic E-state index is 12.9. The number of phenols is 1. The van der Waals surface area contributed by atoms with Gasteiger partial charge in [-0.2, -0.15) is 0 Å². The van der Waals surface area contributed by atoms with Gasteiger partial charge in [-0.1, -0.05) is 11.6 Å². The van der Waals surface area contributed by atoms with Crippen molar-refractivity contribution in [2.24, 2.45) is 0 Å². The molecule has 0 saturated carbocycles. The fraction of sp³-hybridized carbons (Fsp3) is 0.429. The van der Waals surface area contributed by atoms with Crippen molar-refractivity contribution in [2.45, 2.75) is 52.1 Å². The number of carbonyl (C=O) groups is 2. The van der Waals surface area contributed by atoms with Crippen LogP contribution in [-0.4, -0.2) is 30.1 Å². The van der Waals surface area contributed by atoms with Gasteiger partial charge in [0.15, 0.2) is 17.3 Å². The highest BCUT2D eigenvalue weighted by molar-refractivity contribution is 6.32. The molecule has 0 unspecified atom stereocenters. The summed E-state index contributed by atoms with van der Waals surface area (Å²) in [5, 5.41) is 13.4. The highest BCUT2D eigenvalue weighted by Crippen LogP contribution is 2.46. The van der Waals surface area contributed by atoms with Gasteiger partial charge in [0.1, 0.15) is 0 Å². The first-order valence-electron chi connectivity index (χ1n) is 9.26. The molecular weight excluding hydrogens is 382 g/mol. The number of rotatable bonds is 4. The number of Topliss-reactive ketones (excluding diaryl/α,β-unsaturated/α-hetero) is 1. The van der Waals surface area contributed by atoms with E-state index in [9.17, 15) is 14.7 Å². The van der Waals surface area contributed by atoms with Crippen LogP contribution in [0.25, 0.3) is 0 Å². The van der Waals surface area contributed by atoms with E-state index in [-0.39, 0.29) is 28.4 Å². The van der Waals surface area contributed by atoms with Crippen molar-refractivity contribution in [1.82, 2.24) is 5.32 Å². The molecule has 6 nitrogen and oxygen atoms in total. The van der Waals surface area contributed by atoms with Crippen LogP contribution in [0.15, 0.2) is 34.7 Å². The zero-order valence-corrected chi connectivity index (χ0v) is 17.1. The number of benzene rings is 1. The minimum Gasteiger partial charge on any atom is -0.503 e. The van der Waals surface area contributed by atoms with E-state index in [1.807, 2.05) is 0 Å². The zero-order valence-electron chi connectivity index (χ0n) is 16.4.